The second-order valence-electron chi connectivity index (χ2n) is 6.75. The van der Waals surface area contributed by atoms with Gasteiger partial charge in [0.2, 0.25) is 0 Å². The summed E-state index contributed by atoms with van der Waals surface area (Å²) in [5.74, 6) is -2.85. The summed E-state index contributed by atoms with van der Waals surface area (Å²) in [7, 11) is 0. The van der Waals surface area contributed by atoms with Crippen LogP contribution in [0.25, 0.3) is 12.2 Å². The van der Waals surface area contributed by atoms with Gasteiger partial charge in [-0.1, -0.05) is 35.9 Å². The Morgan fingerprint density at radius 1 is 1.13 bits per heavy atom. The number of aromatic hydroxyl groups is 1. The first-order valence-corrected chi connectivity index (χ1v) is 8.86. The molecule has 0 saturated carbocycles. The van der Waals surface area contributed by atoms with Gasteiger partial charge in [0.1, 0.15) is 22.9 Å². The number of carboxylic acids is 1. The summed E-state index contributed by atoms with van der Waals surface area (Å²) in [5.41, 5.74) is 0.774. The molecule has 0 spiro atoms. The van der Waals surface area contributed by atoms with Crippen LogP contribution in [0, 0.1) is 5.82 Å². The molecule has 2 rings (SSSR count). The number of benzene rings is 2. The van der Waals surface area contributed by atoms with Gasteiger partial charge in [-0.2, -0.15) is 13.2 Å². The lowest BCUT2D eigenvalue weighted by Crippen LogP contribution is -2.20. The number of rotatable bonds is 7. The van der Waals surface area contributed by atoms with Crippen molar-refractivity contribution in [2.24, 2.45) is 0 Å². The van der Waals surface area contributed by atoms with Gasteiger partial charge in [0, 0.05) is 5.56 Å². The van der Waals surface area contributed by atoms with Crippen molar-refractivity contribution < 1.29 is 37.3 Å². The van der Waals surface area contributed by atoms with Crippen molar-refractivity contribution in [2.75, 3.05) is 6.61 Å². The summed E-state index contributed by atoms with van der Waals surface area (Å²) >= 11 is 0. The predicted octanol–water partition coefficient (Wildman–Crippen LogP) is 5.85. The Morgan fingerprint density at radius 3 is 2.30 bits per heavy atom. The van der Waals surface area contributed by atoms with Gasteiger partial charge in [-0.15, -0.1) is 0 Å². The number of phenols is 1. The molecule has 0 bridgehead atoms. The molecule has 160 valence electrons. The van der Waals surface area contributed by atoms with Crippen molar-refractivity contribution in [3.8, 4) is 11.5 Å². The molecule has 30 heavy (non-hydrogen) atoms. The molecule has 0 aliphatic carbocycles. The van der Waals surface area contributed by atoms with Crippen LogP contribution in [0.5, 0.6) is 11.5 Å². The lowest BCUT2D eigenvalue weighted by Gasteiger charge is -2.17. The third-order valence-corrected chi connectivity index (χ3v) is 4.04. The van der Waals surface area contributed by atoms with Crippen LogP contribution in [0.15, 0.2) is 42.0 Å². The summed E-state index contributed by atoms with van der Waals surface area (Å²) in [6.45, 7) is 1.91. The number of ether oxygens (including phenoxy) is 1. The highest BCUT2D eigenvalue weighted by Gasteiger charge is 2.30. The topological polar surface area (TPSA) is 66.8 Å². The fourth-order valence-electron chi connectivity index (χ4n) is 2.61. The molecule has 0 aromatic heterocycles. The van der Waals surface area contributed by atoms with Crippen molar-refractivity contribution in [1.29, 1.82) is 0 Å². The molecule has 0 aliphatic rings. The molecular weight excluding hydrogens is 404 g/mol. The molecule has 2 aromatic rings. The molecule has 0 atom stereocenters. The van der Waals surface area contributed by atoms with Gasteiger partial charge in [-0.25, -0.2) is 9.18 Å². The van der Waals surface area contributed by atoms with Crippen molar-refractivity contribution in [2.45, 2.75) is 26.4 Å². The van der Waals surface area contributed by atoms with Gasteiger partial charge in [-0.05, 0) is 49.6 Å². The average Bonchev–Trinajstić information content (AvgIpc) is 2.63. The largest absolute Gasteiger partial charge is 0.507 e. The predicted molar refractivity (Wildman–Crippen MR) is 105 cm³/mol. The number of allylic oxidation sites excluding steroid dienone is 2. The van der Waals surface area contributed by atoms with Crippen LogP contribution in [0.3, 0.4) is 0 Å². The van der Waals surface area contributed by atoms with E-state index in [9.17, 15) is 32.6 Å². The minimum absolute atomic E-state index is 0.0103. The number of carbonyl (C=O) groups is 1. The van der Waals surface area contributed by atoms with Gasteiger partial charge in [0.15, 0.2) is 6.61 Å². The van der Waals surface area contributed by atoms with E-state index >= 15 is 0 Å². The smallest absolute Gasteiger partial charge is 0.422 e. The van der Waals surface area contributed by atoms with Crippen molar-refractivity contribution in [3.05, 3.63) is 70.1 Å². The monoisotopic (exact) mass is 424 g/mol. The Hall–Kier alpha value is -3.29. The molecule has 0 aliphatic heterocycles. The maximum absolute atomic E-state index is 13.0. The van der Waals surface area contributed by atoms with Crippen LogP contribution >= 0.6 is 0 Å². The molecule has 2 aromatic carbocycles. The summed E-state index contributed by atoms with van der Waals surface area (Å²) in [4.78, 5) is 11.7. The van der Waals surface area contributed by atoms with Gasteiger partial charge in [0.25, 0.3) is 0 Å². The lowest BCUT2D eigenvalue weighted by atomic mass is 9.97. The highest BCUT2D eigenvalue weighted by atomic mass is 19.4. The number of halogens is 4. The van der Waals surface area contributed by atoms with E-state index in [-0.39, 0.29) is 23.3 Å². The summed E-state index contributed by atoms with van der Waals surface area (Å²) in [5, 5.41) is 20.1. The average molecular weight is 424 g/mol. The highest BCUT2D eigenvalue weighted by Crippen LogP contribution is 2.37. The quantitative estimate of drug-likeness (QED) is 0.332. The Balaban J connectivity index is 2.58. The van der Waals surface area contributed by atoms with Crippen LogP contribution in [-0.2, 0) is 6.42 Å². The van der Waals surface area contributed by atoms with Gasteiger partial charge in [-0.3, -0.25) is 0 Å². The van der Waals surface area contributed by atoms with Gasteiger partial charge in [0.05, 0.1) is 0 Å². The second-order valence-corrected chi connectivity index (χ2v) is 6.75. The number of alkyl halides is 3. The molecule has 0 saturated heterocycles. The van der Waals surface area contributed by atoms with E-state index in [1.807, 2.05) is 0 Å². The maximum atomic E-state index is 13.0. The first-order valence-electron chi connectivity index (χ1n) is 8.86. The van der Waals surface area contributed by atoms with Crippen LogP contribution in [0.2, 0.25) is 0 Å². The summed E-state index contributed by atoms with van der Waals surface area (Å²) in [6, 6.07) is 6.43. The molecule has 4 nitrogen and oxygen atoms in total. The molecule has 0 heterocycles. The van der Waals surface area contributed by atoms with E-state index < -0.39 is 35.9 Å². The van der Waals surface area contributed by atoms with E-state index in [2.05, 4.69) is 0 Å². The molecule has 0 fully saturated rings. The Labute approximate surface area is 170 Å². The Morgan fingerprint density at radius 2 is 1.77 bits per heavy atom. The molecular formula is C22H20F4O4. The zero-order valence-corrected chi connectivity index (χ0v) is 16.3. The van der Waals surface area contributed by atoms with E-state index in [1.54, 1.807) is 19.9 Å². The number of carboxylic acid groups (broad SMARTS) is 1. The SMILES string of the molecule is CC(C)=CCc1c(OCC(F)(F)F)cc(/C=C/c2ccc(F)cc2)c(C(=O)O)c1O. The fraction of sp³-hybridized carbons (Fsp3) is 0.227. The minimum Gasteiger partial charge on any atom is -0.507 e. The first-order chi connectivity index (χ1) is 14.0. The van der Waals surface area contributed by atoms with Crippen LogP contribution < -0.4 is 4.74 Å². The van der Waals surface area contributed by atoms with Gasteiger partial charge < -0.3 is 14.9 Å². The third kappa shape index (κ3) is 6.37. The summed E-state index contributed by atoms with van der Waals surface area (Å²) < 4.78 is 55.9. The van der Waals surface area contributed by atoms with E-state index in [1.165, 1.54) is 36.4 Å². The van der Waals surface area contributed by atoms with Crippen molar-refractivity contribution in [3.63, 3.8) is 0 Å². The van der Waals surface area contributed by atoms with Crippen LogP contribution in [0.1, 0.15) is 40.9 Å². The molecule has 2 N–H and O–H groups in total. The number of hydrogen-bond acceptors (Lipinski definition) is 3. The third-order valence-electron chi connectivity index (χ3n) is 4.04. The van der Waals surface area contributed by atoms with Crippen LogP contribution in [-0.4, -0.2) is 29.0 Å². The van der Waals surface area contributed by atoms with Crippen LogP contribution in [0.4, 0.5) is 17.6 Å². The fourth-order valence-corrected chi connectivity index (χ4v) is 2.61. The Bertz CT molecular complexity index is 970. The molecule has 0 radical (unpaired) electrons. The number of hydrogen-bond donors (Lipinski definition) is 2. The second kappa shape index (κ2) is 9.47. The number of aromatic carboxylic acids is 1. The van der Waals surface area contributed by atoms with Crippen molar-refractivity contribution in [1.82, 2.24) is 0 Å². The summed E-state index contributed by atoms with van der Waals surface area (Å²) in [6.07, 6.45) is -0.233. The minimum atomic E-state index is -4.61. The zero-order chi connectivity index (χ0) is 22.5. The molecule has 0 amide bonds. The van der Waals surface area contributed by atoms with E-state index in [4.69, 9.17) is 4.74 Å². The Kier molecular flexibility index (Phi) is 7.26. The van der Waals surface area contributed by atoms with Crippen molar-refractivity contribution >= 4 is 18.1 Å². The lowest BCUT2D eigenvalue weighted by molar-refractivity contribution is -0.153. The molecule has 0 unspecified atom stereocenters. The molecule has 8 heteroatoms. The van der Waals surface area contributed by atoms with E-state index in [0.29, 0.717) is 5.56 Å². The van der Waals surface area contributed by atoms with E-state index in [0.717, 1.165) is 11.6 Å². The van der Waals surface area contributed by atoms with Gasteiger partial charge >= 0.3 is 12.1 Å². The maximum Gasteiger partial charge on any atom is 0.422 e. The normalized spacial score (nSPS) is 11.5. The highest BCUT2D eigenvalue weighted by molar-refractivity contribution is 5.97. The zero-order valence-electron chi connectivity index (χ0n) is 16.3. The standard InChI is InChI=1S/C22H20F4O4/c1-13(2)3-10-17-18(30-12-22(24,25)26)11-15(19(20(17)27)21(28)29)7-4-14-5-8-16(23)9-6-14/h3-9,11,27H,10,12H2,1-2H3,(H,28,29)/b7-4+. The first kappa shape index (κ1) is 23.0.